The van der Waals surface area contributed by atoms with Crippen LogP contribution in [0.1, 0.15) is 38.1 Å². The minimum atomic E-state index is -3.68. The summed E-state index contributed by atoms with van der Waals surface area (Å²) < 4.78 is 32.8. The van der Waals surface area contributed by atoms with Crippen LogP contribution in [0, 0.1) is 0 Å². The Hall–Kier alpha value is -1.48. The molecule has 2 atom stereocenters. The number of benzene rings is 1. The highest BCUT2D eigenvalue weighted by atomic mass is 32.2. The maximum Gasteiger partial charge on any atom is 0.251 e. The lowest BCUT2D eigenvalue weighted by Crippen LogP contribution is -2.48. The highest BCUT2D eigenvalue weighted by Gasteiger charge is 2.32. The summed E-state index contributed by atoms with van der Waals surface area (Å²) in [6, 6.07) is 6.06. The van der Waals surface area contributed by atoms with Gasteiger partial charge in [0, 0.05) is 30.7 Å². The molecule has 25 heavy (non-hydrogen) atoms. The molecule has 1 saturated heterocycles. The van der Waals surface area contributed by atoms with Crippen LogP contribution >= 0.6 is 0 Å². The smallest absolute Gasteiger partial charge is 0.251 e. The van der Waals surface area contributed by atoms with Gasteiger partial charge in [0.2, 0.25) is 10.0 Å². The molecular formula is C17H27N3O4S. The van der Waals surface area contributed by atoms with E-state index in [1.807, 2.05) is 13.8 Å². The number of hydrogen-bond acceptors (Lipinski definition) is 5. The average Bonchev–Trinajstić information content (AvgIpc) is 2.51. The molecule has 1 heterocycles. The summed E-state index contributed by atoms with van der Waals surface area (Å²) in [5, 5.41) is 2.72. The van der Waals surface area contributed by atoms with E-state index in [4.69, 9.17) is 10.5 Å². The Morgan fingerprint density at radius 2 is 1.92 bits per heavy atom. The van der Waals surface area contributed by atoms with Gasteiger partial charge in [0.15, 0.2) is 0 Å². The summed E-state index contributed by atoms with van der Waals surface area (Å²) in [7, 11) is -3.68. The maximum atomic E-state index is 12.9. The average molecular weight is 369 g/mol. The highest BCUT2D eigenvalue weighted by Crippen LogP contribution is 2.22. The molecule has 1 aromatic carbocycles. The summed E-state index contributed by atoms with van der Waals surface area (Å²) in [6.07, 6.45) is -0.339. The van der Waals surface area contributed by atoms with E-state index < -0.39 is 15.6 Å². The van der Waals surface area contributed by atoms with E-state index in [2.05, 4.69) is 5.32 Å². The third-order valence-electron chi connectivity index (χ3n) is 3.82. The van der Waals surface area contributed by atoms with Gasteiger partial charge in [-0.05, 0) is 45.9 Å². The number of sulfonamides is 1. The van der Waals surface area contributed by atoms with Gasteiger partial charge in [0.25, 0.3) is 5.91 Å². The van der Waals surface area contributed by atoms with Gasteiger partial charge in [-0.2, -0.15) is 4.31 Å². The third-order valence-corrected chi connectivity index (χ3v) is 5.65. The normalized spacial score (nSPS) is 22.6. The number of ether oxygens (including phenoxy) is 1. The molecule has 0 saturated carbocycles. The van der Waals surface area contributed by atoms with Crippen molar-refractivity contribution in [2.45, 2.75) is 50.3 Å². The first-order valence-corrected chi connectivity index (χ1v) is 9.76. The summed E-state index contributed by atoms with van der Waals surface area (Å²) in [5.41, 5.74) is 5.60. The molecule has 7 nitrogen and oxygen atoms in total. The number of carbonyl (C=O) groups excluding carboxylic acids is 1. The van der Waals surface area contributed by atoms with Crippen molar-refractivity contribution in [3.8, 4) is 0 Å². The Labute approximate surface area is 149 Å². The molecule has 1 aliphatic rings. The minimum Gasteiger partial charge on any atom is -0.373 e. The summed E-state index contributed by atoms with van der Waals surface area (Å²) in [5.74, 6) is -0.348. The lowest BCUT2D eigenvalue weighted by atomic mass is 10.1. The van der Waals surface area contributed by atoms with Crippen LogP contribution in [-0.4, -0.2) is 56.0 Å². The van der Waals surface area contributed by atoms with Crippen molar-refractivity contribution in [2.24, 2.45) is 5.73 Å². The molecule has 1 amide bonds. The van der Waals surface area contributed by atoms with Crippen LogP contribution in [0.2, 0.25) is 0 Å². The number of nitrogens with two attached hydrogens (primary N) is 1. The lowest BCUT2D eigenvalue weighted by Gasteiger charge is -2.34. The molecule has 1 aliphatic heterocycles. The number of amides is 1. The predicted octanol–water partition coefficient (Wildman–Crippen LogP) is 0.952. The Morgan fingerprint density at radius 3 is 2.48 bits per heavy atom. The van der Waals surface area contributed by atoms with Crippen LogP contribution in [0.5, 0.6) is 0 Å². The molecule has 0 aromatic heterocycles. The zero-order valence-corrected chi connectivity index (χ0v) is 16.0. The van der Waals surface area contributed by atoms with Gasteiger partial charge in [-0.1, -0.05) is 6.07 Å². The van der Waals surface area contributed by atoms with E-state index >= 15 is 0 Å². The van der Waals surface area contributed by atoms with Crippen molar-refractivity contribution < 1.29 is 17.9 Å². The molecule has 1 aromatic rings. The topological polar surface area (TPSA) is 102 Å². The van der Waals surface area contributed by atoms with Gasteiger partial charge >= 0.3 is 0 Å². The monoisotopic (exact) mass is 369 g/mol. The first kappa shape index (κ1) is 19.8. The van der Waals surface area contributed by atoms with Crippen LogP contribution in [0.25, 0.3) is 0 Å². The first-order chi connectivity index (χ1) is 11.5. The van der Waals surface area contributed by atoms with E-state index in [9.17, 15) is 13.2 Å². The SMILES string of the molecule is CC1CN(S(=O)(=O)c2cccc(C(=O)NCC(C)(C)N)c2)CC(C)O1. The molecule has 0 aliphatic carbocycles. The van der Waals surface area contributed by atoms with Gasteiger partial charge in [0.1, 0.15) is 0 Å². The second-order valence-electron chi connectivity index (χ2n) is 7.28. The maximum absolute atomic E-state index is 12.9. The van der Waals surface area contributed by atoms with Crippen molar-refractivity contribution in [1.29, 1.82) is 0 Å². The predicted molar refractivity (Wildman–Crippen MR) is 95.8 cm³/mol. The lowest BCUT2D eigenvalue weighted by molar-refractivity contribution is -0.0440. The van der Waals surface area contributed by atoms with Crippen LogP contribution in [0.3, 0.4) is 0 Å². The van der Waals surface area contributed by atoms with E-state index in [1.54, 1.807) is 26.0 Å². The van der Waals surface area contributed by atoms with E-state index in [1.165, 1.54) is 16.4 Å². The Bertz CT molecular complexity index is 718. The van der Waals surface area contributed by atoms with Crippen molar-refractivity contribution in [1.82, 2.24) is 9.62 Å². The first-order valence-electron chi connectivity index (χ1n) is 8.32. The van der Waals surface area contributed by atoms with Crippen LogP contribution in [0.15, 0.2) is 29.2 Å². The Balaban J connectivity index is 2.21. The summed E-state index contributed by atoms with van der Waals surface area (Å²) in [4.78, 5) is 12.4. The quantitative estimate of drug-likeness (QED) is 0.805. The molecule has 2 unspecified atom stereocenters. The van der Waals surface area contributed by atoms with Crippen molar-refractivity contribution >= 4 is 15.9 Å². The van der Waals surface area contributed by atoms with Crippen LogP contribution in [0.4, 0.5) is 0 Å². The molecule has 0 spiro atoms. The van der Waals surface area contributed by atoms with Crippen molar-refractivity contribution in [2.75, 3.05) is 19.6 Å². The fourth-order valence-electron chi connectivity index (χ4n) is 2.68. The molecule has 1 fully saturated rings. The van der Waals surface area contributed by atoms with Gasteiger partial charge in [0.05, 0.1) is 17.1 Å². The van der Waals surface area contributed by atoms with Crippen molar-refractivity contribution in [3.05, 3.63) is 29.8 Å². The van der Waals surface area contributed by atoms with Gasteiger partial charge < -0.3 is 15.8 Å². The highest BCUT2D eigenvalue weighted by molar-refractivity contribution is 7.89. The fraction of sp³-hybridized carbons (Fsp3) is 0.588. The minimum absolute atomic E-state index is 0.105. The van der Waals surface area contributed by atoms with Crippen LogP contribution < -0.4 is 11.1 Å². The largest absolute Gasteiger partial charge is 0.373 e. The second kappa shape index (κ2) is 7.41. The Morgan fingerprint density at radius 1 is 1.32 bits per heavy atom. The third kappa shape index (κ3) is 5.24. The van der Waals surface area contributed by atoms with Crippen molar-refractivity contribution in [3.63, 3.8) is 0 Å². The molecule has 2 rings (SSSR count). The number of rotatable bonds is 5. The fourth-order valence-corrected chi connectivity index (χ4v) is 4.32. The van der Waals surface area contributed by atoms with Crippen LogP contribution in [-0.2, 0) is 14.8 Å². The number of nitrogens with zero attached hydrogens (tertiary/aromatic N) is 1. The molecule has 140 valence electrons. The zero-order valence-electron chi connectivity index (χ0n) is 15.2. The van der Waals surface area contributed by atoms with E-state index in [0.29, 0.717) is 25.2 Å². The number of carbonyl (C=O) groups is 1. The number of morpholine rings is 1. The zero-order chi connectivity index (χ0) is 18.8. The Kier molecular flexibility index (Phi) is 5.88. The molecule has 0 bridgehead atoms. The van der Waals surface area contributed by atoms with Gasteiger partial charge in [-0.15, -0.1) is 0 Å². The standard InChI is InChI=1S/C17H27N3O4S/c1-12-9-20(10-13(2)24-12)25(22,23)15-7-5-6-14(8-15)16(21)19-11-17(3,4)18/h5-8,12-13H,9-11,18H2,1-4H3,(H,19,21). The van der Waals surface area contributed by atoms with Gasteiger partial charge in [-0.3, -0.25) is 4.79 Å². The molecule has 8 heteroatoms. The number of hydrogen-bond donors (Lipinski definition) is 2. The summed E-state index contributed by atoms with van der Waals surface area (Å²) >= 11 is 0. The molecular weight excluding hydrogens is 342 g/mol. The number of nitrogens with one attached hydrogen (secondary N) is 1. The summed E-state index contributed by atoms with van der Waals surface area (Å²) in [6.45, 7) is 8.17. The van der Waals surface area contributed by atoms with E-state index in [0.717, 1.165) is 0 Å². The van der Waals surface area contributed by atoms with Gasteiger partial charge in [-0.25, -0.2) is 8.42 Å². The van der Waals surface area contributed by atoms with E-state index in [-0.39, 0.29) is 23.0 Å². The molecule has 3 N–H and O–H groups in total. The second-order valence-corrected chi connectivity index (χ2v) is 9.22. The molecule has 0 radical (unpaired) electrons.